The molecule has 2 aromatic rings. The highest BCUT2D eigenvalue weighted by Crippen LogP contribution is 2.39. The molecule has 4 heteroatoms. The summed E-state index contributed by atoms with van der Waals surface area (Å²) in [5.41, 5.74) is 4.05. The zero-order valence-electron chi connectivity index (χ0n) is 15.1. The number of hydrogen-bond acceptors (Lipinski definition) is 3. The minimum atomic E-state index is -0.151. The van der Waals surface area contributed by atoms with Gasteiger partial charge in [-0.15, -0.1) is 11.8 Å². The summed E-state index contributed by atoms with van der Waals surface area (Å²) in [6.07, 6.45) is 7.23. The zero-order chi connectivity index (χ0) is 17.8. The number of benzene rings is 2. The maximum Gasteiger partial charge on any atom is 0.123 e. The average Bonchev–Trinajstić information content (AvgIpc) is 3.15. The first-order chi connectivity index (χ1) is 12.8. The van der Waals surface area contributed by atoms with Gasteiger partial charge < -0.3 is 10.6 Å². The van der Waals surface area contributed by atoms with Gasteiger partial charge in [-0.1, -0.05) is 18.2 Å². The van der Waals surface area contributed by atoms with Crippen molar-refractivity contribution in [1.29, 1.82) is 0 Å². The number of aryl methyl sites for hydroxylation is 1. The van der Waals surface area contributed by atoms with E-state index in [-0.39, 0.29) is 5.82 Å². The molecule has 0 radical (unpaired) electrons. The second-order valence-electron chi connectivity index (χ2n) is 7.45. The SMILES string of the molecule is Fc1ccc(CCCNC2CCC(c3ccc4c(c3)SCN4)CC2)cc1. The Morgan fingerprint density at radius 3 is 2.65 bits per heavy atom. The molecule has 1 fully saturated rings. The van der Waals surface area contributed by atoms with Crippen molar-refractivity contribution in [1.82, 2.24) is 5.32 Å². The Hall–Kier alpha value is -1.52. The van der Waals surface area contributed by atoms with Crippen molar-refractivity contribution < 1.29 is 4.39 Å². The average molecular weight is 371 g/mol. The lowest BCUT2D eigenvalue weighted by Crippen LogP contribution is -2.33. The van der Waals surface area contributed by atoms with Crippen molar-refractivity contribution in [3.05, 3.63) is 59.4 Å². The fourth-order valence-corrected chi connectivity index (χ4v) is 5.03. The molecule has 26 heavy (non-hydrogen) atoms. The predicted molar refractivity (Wildman–Crippen MR) is 109 cm³/mol. The highest BCUT2D eigenvalue weighted by atomic mass is 32.2. The molecule has 0 saturated heterocycles. The summed E-state index contributed by atoms with van der Waals surface area (Å²) in [5.74, 6) is 1.58. The van der Waals surface area contributed by atoms with Gasteiger partial charge in [-0.3, -0.25) is 0 Å². The van der Waals surface area contributed by atoms with Crippen LogP contribution in [0, 0.1) is 5.82 Å². The fraction of sp³-hybridized carbons (Fsp3) is 0.455. The number of fused-ring (bicyclic) bond motifs is 1. The molecule has 1 saturated carbocycles. The Kier molecular flexibility index (Phi) is 5.81. The molecule has 1 heterocycles. The largest absolute Gasteiger partial charge is 0.375 e. The lowest BCUT2D eigenvalue weighted by Gasteiger charge is -2.29. The van der Waals surface area contributed by atoms with Gasteiger partial charge in [0, 0.05) is 16.6 Å². The van der Waals surface area contributed by atoms with E-state index >= 15 is 0 Å². The molecular weight excluding hydrogens is 343 g/mol. The van der Waals surface area contributed by atoms with Crippen molar-refractivity contribution in [3.63, 3.8) is 0 Å². The van der Waals surface area contributed by atoms with Gasteiger partial charge in [-0.25, -0.2) is 4.39 Å². The van der Waals surface area contributed by atoms with Gasteiger partial charge in [0.15, 0.2) is 0 Å². The summed E-state index contributed by atoms with van der Waals surface area (Å²) < 4.78 is 12.9. The van der Waals surface area contributed by atoms with Crippen molar-refractivity contribution in [3.8, 4) is 0 Å². The molecule has 0 atom stereocenters. The minimum Gasteiger partial charge on any atom is -0.375 e. The number of rotatable bonds is 6. The molecule has 2 aliphatic rings. The standard InChI is InChI=1S/C22H27FN2S/c23-19-8-3-16(4-9-19)2-1-13-24-20-10-5-17(6-11-20)18-7-12-21-22(14-18)26-15-25-21/h3-4,7-9,12,14,17,20,24-25H,1-2,5-6,10-11,13,15H2. The van der Waals surface area contributed by atoms with Crippen LogP contribution < -0.4 is 10.6 Å². The Balaban J connectivity index is 1.18. The first-order valence-electron chi connectivity index (χ1n) is 9.76. The van der Waals surface area contributed by atoms with Gasteiger partial charge in [-0.05, 0) is 86.4 Å². The summed E-state index contributed by atoms with van der Waals surface area (Å²) in [6.45, 7) is 1.05. The molecule has 138 valence electrons. The minimum absolute atomic E-state index is 0.151. The molecule has 2 N–H and O–H groups in total. The molecule has 0 aromatic heterocycles. The van der Waals surface area contributed by atoms with E-state index in [4.69, 9.17) is 0 Å². The topological polar surface area (TPSA) is 24.1 Å². The normalized spacial score (nSPS) is 22.0. The second-order valence-corrected chi connectivity index (χ2v) is 8.47. The number of hydrogen-bond donors (Lipinski definition) is 2. The second kappa shape index (κ2) is 8.45. The van der Waals surface area contributed by atoms with Crippen molar-refractivity contribution in [2.24, 2.45) is 0 Å². The Morgan fingerprint density at radius 1 is 1.04 bits per heavy atom. The molecule has 1 aliphatic carbocycles. The van der Waals surface area contributed by atoms with Crippen molar-refractivity contribution >= 4 is 17.4 Å². The van der Waals surface area contributed by atoms with Crippen LogP contribution in [0.2, 0.25) is 0 Å². The third kappa shape index (κ3) is 4.41. The highest BCUT2D eigenvalue weighted by molar-refractivity contribution is 7.99. The van der Waals surface area contributed by atoms with Crippen LogP contribution in [0.25, 0.3) is 0 Å². The summed E-state index contributed by atoms with van der Waals surface area (Å²) >= 11 is 1.91. The van der Waals surface area contributed by atoms with Gasteiger partial charge in [0.05, 0.1) is 5.88 Å². The molecule has 4 rings (SSSR count). The molecular formula is C22H27FN2S. The van der Waals surface area contributed by atoms with E-state index in [0.717, 1.165) is 31.2 Å². The molecule has 0 spiro atoms. The molecule has 1 aliphatic heterocycles. The first-order valence-corrected chi connectivity index (χ1v) is 10.7. The summed E-state index contributed by atoms with van der Waals surface area (Å²) in [4.78, 5) is 1.42. The first kappa shape index (κ1) is 17.9. The molecule has 2 nitrogen and oxygen atoms in total. The van der Waals surface area contributed by atoms with E-state index in [0.29, 0.717) is 6.04 Å². The van der Waals surface area contributed by atoms with Crippen LogP contribution in [0.3, 0.4) is 0 Å². The Labute approximate surface area is 160 Å². The molecule has 0 amide bonds. The fourth-order valence-electron chi connectivity index (χ4n) is 4.13. The van der Waals surface area contributed by atoms with Crippen molar-refractivity contribution in [2.75, 3.05) is 17.7 Å². The lowest BCUT2D eigenvalue weighted by molar-refractivity contribution is 0.342. The van der Waals surface area contributed by atoms with Crippen molar-refractivity contribution in [2.45, 2.75) is 55.4 Å². The number of thioether (sulfide) groups is 1. The van der Waals surface area contributed by atoms with Gasteiger partial charge in [0.25, 0.3) is 0 Å². The van der Waals surface area contributed by atoms with E-state index in [2.05, 4.69) is 28.8 Å². The third-order valence-electron chi connectivity index (χ3n) is 5.68. The number of halogens is 1. The van der Waals surface area contributed by atoms with Crippen LogP contribution in [-0.2, 0) is 6.42 Å². The van der Waals surface area contributed by atoms with Crippen LogP contribution in [0.1, 0.15) is 49.1 Å². The van der Waals surface area contributed by atoms with Gasteiger partial charge in [0.1, 0.15) is 5.82 Å². The summed E-state index contributed by atoms with van der Waals surface area (Å²) in [5, 5.41) is 7.14. The van der Waals surface area contributed by atoms with Gasteiger partial charge in [-0.2, -0.15) is 0 Å². The zero-order valence-corrected chi connectivity index (χ0v) is 16.0. The van der Waals surface area contributed by atoms with Crippen LogP contribution in [0.4, 0.5) is 10.1 Å². The third-order valence-corrected chi connectivity index (χ3v) is 6.62. The summed E-state index contributed by atoms with van der Waals surface area (Å²) in [7, 11) is 0. The van der Waals surface area contributed by atoms with Gasteiger partial charge in [0.2, 0.25) is 0 Å². The Bertz CT molecular complexity index is 723. The van der Waals surface area contributed by atoms with E-state index in [9.17, 15) is 4.39 Å². The smallest absolute Gasteiger partial charge is 0.123 e. The number of nitrogens with one attached hydrogen (secondary N) is 2. The van der Waals surface area contributed by atoms with Crippen LogP contribution in [0.15, 0.2) is 47.4 Å². The van der Waals surface area contributed by atoms with E-state index in [1.54, 1.807) is 12.1 Å². The predicted octanol–water partition coefficient (Wildman–Crippen LogP) is 5.55. The quantitative estimate of drug-likeness (QED) is 0.652. The maximum atomic E-state index is 12.9. The van der Waals surface area contributed by atoms with Gasteiger partial charge >= 0.3 is 0 Å². The monoisotopic (exact) mass is 370 g/mol. The molecule has 0 unspecified atom stereocenters. The lowest BCUT2D eigenvalue weighted by atomic mass is 9.81. The van der Waals surface area contributed by atoms with Crippen LogP contribution >= 0.6 is 11.8 Å². The highest BCUT2D eigenvalue weighted by Gasteiger charge is 2.23. The molecule has 0 bridgehead atoms. The van der Waals surface area contributed by atoms with Crippen LogP contribution in [-0.4, -0.2) is 18.5 Å². The maximum absolute atomic E-state index is 12.9. The van der Waals surface area contributed by atoms with E-state index < -0.39 is 0 Å². The number of anilines is 1. The molecule has 2 aromatic carbocycles. The van der Waals surface area contributed by atoms with E-state index in [1.165, 1.54) is 47.4 Å². The van der Waals surface area contributed by atoms with Crippen LogP contribution in [0.5, 0.6) is 0 Å². The Morgan fingerprint density at radius 2 is 1.85 bits per heavy atom. The van der Waals surface area contributed by atoms with E-state index in [1.807, 2.05) is 23.9 Å². The summed E-state index contributed by atoms with van der Waals surface area (Å²) in [6, 6.07) is 14.5.